The Labute approximate surface area is 169 Å². The van der Waals surface area contributed by atoms with Gasteiger partial charge in [0.05, 0.1) is 18.2 Å². The van der Waals surface area contributed by atoms with Crippen LogP contribution in [0.2, 0.25) is 5.02 Å². The first-order chi connectivity index (χ1) is 13.4. The predicted octanol–water partition coefficient (Wildman–Crippen LogP) is 3.80. The first kappa shape index (κ1) is 20.3. The average Bonchev–Trinajstić information content (AvgIpc) is 2.91. The number of ether oxygens (including phenoxy) is 2. The van der Waals surface area contributed by atoms with Gasteiger partial charge in [-0.3, -0.25) is 4.79 Å². The minimum absolute atomic E-state index is 0.0589. The molecule has 2 fully saturated rings. The van der Waals surface area contributed by atoms with Crippen LogP contribution in [-0.4, -0.2) is 30.3 Å². The van der Waals surface area contributed by atoms with Crippen molar-refractivity contribution in [1.82, 2.24) is 10.6 Å². The van der Waals surface area contributed by atoms with E-state index in [2.05, 4.69) is 17.2 Å². The van der Waals surface area contributed by atoms with Gasteiger partial charge in [0, 0.05) is 5.70 Å². The van der Waals surface area contributed by atoms with Gasteiger partial charge in [0.1, 0.15) is 12.0 Å². The molecule has 0 spiro atoms. The zero-order valence-corrected chi connectivity index (χ0v) is 16.6. The van der Waals surface area contributed by atoms with Crippen molar-refractivity contribution in [2.24, 2.45) is 5.92 Å². The summed E-state index contributed by atoms with van der Waals surface area (Å²) >= 11 is 6.09. The fourth-order valence-corrected chi connectivity index (χ4v) is 3.98. The Hall–Kier alpha value is -2.41. The second kappa shape index (κ2) is 8.73. The lowest BCUT2D eigenvalue weighted by molar-refractivity contribution is -0.154. The van der Waals surface area contributed by atoms with Crippen LogP contribution < -0.4 is 15.4 Å². The summed E-state index contributed by atoms with van der Waals surface area (Å²) in [7, 11) is 1.40. The Morgan fingerprint density at radius 1 is 1.25 bits per heavy atom. The molecule has 28 heavy (non-hydrogen) atoms. The first-order valence-corrected chi connectivity index (χ1v) is 9.81. The highest BCUT2D eigenvalue weighted by atomic mass is 35.5. The van der Waals surface area contributed by atoms with Crippen molar-refractivity contribution in [3.05, 3.63) is 35.0 Å². The van der Waals surface area contributed by atoms with Crippen molar-refractivity contribution >= 4 is 23.6 Å². The normalized spacial score (nSPS) is 23.4. The number of halogens is 1. The lowest BCUT2D eigenvalue weighted by Crippen LogP contribution is -2.51. The Morgan fingerprint density at radius 2 is 1.93 bits per heavy atom. The molecular weight excluding hydrogens is 384 g/mol. The molecule has 3 rings (SSSR count). The number of esters is 1. The molecule has 0 radical (unpaired) electrons. The number of phenols is 1. The summed E-state index contributed by atoms with van der Waals surface area (Å²) in [6.45, 7) is 3.85. The number of phenolic OH excluding ortho intramolecular Hbond substituents is 1. The number of aromatic hydroxyl groups is 1. The maximum atomic E-state index is 13.0. The molecule has 1 saturated heterocycles. The van der Waals surface area contributed by atoms with Crippen LogP contribution in [0.25, 0.3) is 0 Å². The van der Waals surface area contributed by atoms with Gasteiger partial charge in [-0.05, 0) is 43.4 Å². The van der Waals surface area contributed by atoms with Crippen LogP contribution in [0.4, 0.5) is 4.79 Å². The van der Waals surface area contributed by atoms with Gasteiger partial charge in [-0.1, -0.05) is 31.0 Å². The van der Waals surface area contributed by atoms with Gasteiger partial charge in [-0.2, -0.15) is 0 Å². The maximum Gasteiger partial charge on any atom is 0.319 e. The third kappa shape index (κ3) is 4.35. The largest absolute Gasteiger partial charge is 0.503 e. The molecule has 1 saturated carbocycles. The van der Waals surface area contributed by atoms with E-state index in [4.69, 9.17) is 21.1 Å². The summed E-state index contributed by atoms with van der Waals surface area (Å²) in [6.07, 6.45) is 5.92. The van der Waals surface area contributed by atoms with E-state index in [0.717, 1.165) is 38.5 Å². The molecule has 1 aromatic rings. The van der Waals surface area contributed by atoms with Crippen molar-refractivity contribution in [3.63, 3.8) is 0 Å². The first-order valence-electron chi connectivity index (χ1n) is 9.44. The Balaban J connectivity index is 1.88. The number of methoxy groups -OCH3 is 1. The monoisotopic (exact) mass is 408 g/mol. The molecule has 2 amide bonds. The number of carbonyl (C=O) groups is 2. The number of hydrogen-bond donors (Lipinski definition) is 3. The van der Waals surface area contributed by atoms with Crippen LogP contribution in [0, 0.1) is 5.92 Å². The molecule has 0 aromatic heterocycles. The standard InChI is InChI=1S/C20H25ClN2O5/c1-11-16(19(25)28-13-7-5-3-4-6-8-13)17(23-20(26)22-11)12-9-14(21)18(24)15(10-12)27-2/h9-10,13,16-17,24H,1,3-8H2,2H3,(H2,22,23,26). The van der Waals surface area contributed by atoms with Crippen LogP contribution in [-0.2, 0) is 9.53 Å². The van der Waals surface area contributed by atoms with E-state index in [1.165, 1.54) is 19.2 Å². The zero-order chi connectivity index (χ0) is 20.3. The summed E-state index contributed by atoms with van der Waals surface area (Å²) in [5, 5.41) is 15.3. The molecule has 1 aromatic carbocycles. The van der Waals surface area contributed by atoms with Crippen LogP contribution in [0.1, 0.15) is 50.1 Å². The summed E-state index contributed by atoms with van der Waals surface area (Å²) in [4.78, 5) is 25.0. The molecule has 2 aliphatic rings. The highest BCUT2D eigenvalue weighted by Gasteiger charge is 2.40. The van der Waals surface area contributed by atoms with Gasteiger partial charge in [0.25, 0.3) is 0 Å². The Bertz CT molecular complexity index is 774. The predicted molar refractivity (Wildman–Crippen MR) is 104 cm³/mol. The number of nitrogens with one attached hydrogen (secondary N) is 2. The van der Waals surface area contributed by atoms with Crippen molar-refractivity contribution < 1.29 is 24.2 Å². The van der Waals surface area contributed by atoms with E-state index < -0.39 is 24.0 Å². The van der Waals surface area contributed by atoms with Gasteiger partial charge in [-0.15, -0.1) is 0 Å². The number of hydrogen-bond acceptors (Lipinski definition) is 5. The van der Waals surface area contributed by atoms with E-state index in [-0.39, 0.29) is 28.3 Å². The molecule has 2 unspecified atom stereocenters. The molecule has 152 valence electrons. The molecule has 0 bridgehead atoms. The molecule has 3 N–H and O–H groups in total. The SMILES string of the molecule is C=C1NC(=O)NC(c2cc(Cl)c(O)c(OC)c2)C1C(=O)OC1CCCCCC1. The van der Waals surface area contributed by atoms with Crippen molar-refractivity contribution in [2.75, 3.05) is 7.11 Å². The summed E-state index contributed by atoms with van der Waals surface area (Å²) in [6, 6.07) is 1.81. The lowest BCUT2D eigenvalue weighted by Gasteiger charge is -2.34. The van der Waals surface area contributed by atoms with Crippen molar-refractivity contribution in [2.45, 2.75) is 50.7 Å². The number of carbonyl (C=O) groups excluding carboxylic acids is 2. The Morgan fingerprint density at radius 3 is 2.57 bits per heavy atom. The fraction of sp³-hybridized carbons (Fsp3) is 0.500. The van der Waals surface area contributed by atoms with E-state index in [1.807, 2.05) is 0 Å². The van der Waals surface area contributed by atoms with Gasteiger partial charge in [-0.25, -0.2) is 4.79 Å². The van der Waals surface area contributed by atoms with E-state index in [1.54, 1.807) is 0 Å². The number of rotatable bonds is 4. The zero-order valence-electron chi connectivity index (χ0n) is 15.8. The molecule has 1 aliphatic carbocycles. The molecule has 2 atom stereocenters. The second-order valence-corrected chi connectivity index (χ2v) is 7.59. The van der Waals surface area contributed by atoms with Gasteiger partial charge < -0.3 is 25.2 Å². The summed E-state index contributed by atoms with van der Waals surface area (Å²) in [5.74, 6) is -1.33. The topological polar surface area (TPSA) is 96.9 Å². The van der Waals surface area contributed by atoms with Gasteiger partial charge in [0.15, 0.2) is 11.5 Å². The van der Waals surface area contributed by atoms with Crippen LogP contribution in [0.15, 0.2) is 24.4 Å². The minimum Gasteiger partial charge on any atom is -0.503 e. The highest BCUT2D eigenvalue weighted by molar-refractivity contribution is 6.32. The lowest BCUT2D eigenvalue weighted by atomic mass is 9.88. The molecule has 1 aliphatic heterocycles. The van der Waals surface area contributed by atoms with Crippen LogP contribution in [0.5, 0.6) is 11.5 Å². The van der Waals surface area contributed by atoms with Crippen LogP contribution in [0.3, 0.4) is 0 Å². The molecule has 8 heteroatoms. The number of benzene rings is 1. The van der Waals surface area contributed by atoms with Crippen molar-refractivity contribution in [3.8, 4) is 11.5 Å². The quantitative estimate of drug-likeness (QED) is 0.520. The fourth-order valence-electron chi connectivity index (χ4n) is 3.77. The van der Waals surface area contributed by atoms with Gasteiger partial charge >= 0.3 is 12.0 Å². The van der Waals surface area contributed by atoms with E-state index in [0.29, 0.717) is 5.56 Å². The molecular formula is C20H25ClN2O5. The minimum atomic E-state index is -0.828. The summed E-state index contributed by atoms with van der Waals surface area (Å²) in [5.41, 5.74) is 0.772. The summed E-state index contributed by atoms with van der Waals surface area (Å²) < 4.78 is 10.9. The van der Waals surface area contributed by atoms with Crippen LogP contribution >= 0.6 is 11.6 Å². The molecule has 1 heterocycles. The molecule has 7 nitrogen and oxygen atoms in total. The average molecular weight is 409 g/mol. The highest BCUT2D eigenvalue weighted by Crippen LogP contribution is 2.40. The Kier molecular flexibility index (Phi) is 6.34. The second-order valence-electron chi connectivity index (χ2n) is 7.18. The van der Waals surface area contributed by atoms with Gasteiger partial charge in [0.2, 0.25) is 0 Å². The third-order valence-corrected chi connectivity index (χ3v) is 5.53. The van der Waals surface area contributed by atoms with Crippen molar-refractivity contribution in [1.29, 1.82) is 0 Å². The smallest absolute Gasteiger partial charge is 0.319 e. The number of urea groups is 1. The van der Waals surface area contributed by atoms with E-state index in [9.17, 15) is 14.7 Å². The number of amides is 2. The van der Waals surface area contributed by atoms with E-state index >= 15 is 0 Å². The third-order valence-electron chi connectivity index (χ3n) is 5.24. The maximum absolute atomic E-state index is 13.0.